The standard InChI is InChI=1S/C14H25ClN2O2/c1-11(15)10-17-8-6-5-7-12(17)9-16-13(18)19-14(2,3)4/h12H,1,5-10H2,2-4H3,(H,16,18). The van der Waals surface area contributed by atoms with Crippen molar-refractivity contribution < 1.29 is 9.53 Å². The highest BCUT2D eigenvalue weighted by Gasteiger charge is 2.24. The molecule has 1 saturated heterocycles. The molecule has 1 N–H and O–H groups in total. The lowest BCUT2D eigenvalue weighted by Gasteiger charge is -2.35. The van der Waals surface area contributed by atoms with Crippen LogP contribution in [0.3, 0.4) is 0 Å². The van der Waals surface area contributed by atoms with Gasteiger partial charge < -0.3 is 10.1 Å². The van der Waals surface area contributed by atoms with E-state index in [1.807, 2.05) is 20.8 Å². The van der Waals surface area contributed by atoms with Gasteiger partial charge in [0.05, 0.1) is 0 Å². The largest absolute Gasteiger partial charge is 0.444 e. The molecule has 0 aromatic heterocycles. The van der Waals surface area contributed by atoms with Crippen molar-refractivity contribution in [2.45, 2.75) is 51.7 Å². The van der Waals surface area contributed by atoms with E-state index in [0.29, 0.717) is 24.2 Å². The number of rotatable bonds is 4. The number of amides is 1. The lowest BCUT2D eigenvalue weighted by Crippen LogP contribution is -2.47. The number of hydrogen-bond donors (Lipinski definition) is 1. The van der Waals surface area contributed by atoms with E-state index in [-0.39, 0.29) is 6.09 Å². The Labute approximate surface area is 121 Å². The molecule has 0 bridgehead atoms. The number of piperidine rings is 1. The summed E-state index contributed by atoms with van der Waals surface area (Å²) in [5.41, 5.74) is -0.458. The van der Waals surface area contributed by atoms with Crippen molar-refractivity contribution in [1.29, 1.82) is 0 Å². The molecular formula is C14H25ClN2O2. The van der Waals surface area contributed by atoms with E-state index in [0.717, 1.165) is 13.0 Å². The maximum absolute atomic E-state index is 11.6. The van der Waals surface area contributed by atoms with Crippen molar-refractivity contribution in [3.05, 3.63) is 11.6 Å². The molecule has 5 heteroatoms. The van der Waals surface area contributed by atoms with E-state index in [2.05, 4.69) is 16.8 Å². The maximum Gasteiger partial charge on any atom is 0.407 e. The van der Waals surface area contributed by atoms with Crippen LogP contribution in [-0.2, 0) is 4.74 Å². The number of alkyl carbamates (subject to hydrolysis) is 1. The molecule has 1 rings (SSSR count). The molecule has 0 aromatic carbocycles. The van der Waals surface area contributed by atoms with Gasteiger partial charge in [-0.15, -0.1) is 0 Å². The summed E-state index contributed by atoms with van der Waals surface area (Å²) in [6.45, 7) is 11.6. The Kier molecular flexibility index (Phi) is 6.14. The number of carbonyl (C=O) groups is 1. The molecule has 1 amide bonds. The maximum atomic E-state index is 11.6. The van der Waals surface area contributed by atoms with Crippen LogP contribution in [0.2, 0.25) is 0 Å². The third-order valence-electron chi connectivity index (χ3n) is 3.00. The van der Waals surface area contributed by atoms with Gasteiger partial charge in [-0.3, -0.25) is 4.90 Å². The summed E-state index contributed by atoms with van der Waals surface area (Å²) >= 11 is 5.88. The minimum Gasteiger partial charge on any atom is -0.444 e. The van der Waals surface area contributed by atoms with Gasteiger partial charge in [0.1, 0.15) is 5.60 Å². The number of likely N-dealkylation sites (tertiary alicyclic amines) is 1. The molecule has 0 aliphatic carbocycles. The highest BCUT2D eigenvalue weighted by atomic mass is 35.5. The molecule has 0 saturated carbocycles. The molecule has 1 unspecified atom stereocenters. The summed E-state index contributed by atoms with van der Waals surface area (Å²) in [5.74, 6) is 0. The Morgan fingerprint density at radius 2 is 2.16 bits per heavy atom. The third-order valence-corrected chi connectivity index (χ3v) is 3.12. The fourth-order valence-corrected chi connectivity index (χ4v) is 2.39. The van der Waals surface area contributed by atoms with Gasteiger partial charge in [-0.1, -0.05) is 24.6 Å². The van der Waals surface area contributed by atoms with Gasteiger partial charge in [-0.25, -0.2) is 4.79 Å². The van der Waals surface area contributed by atoms with E-state index < -0.39 is 5.60 Å². The third kappa shape index (κ3) is 6.83. The fraction of sp³-hybridized carbons (Fsp3) is 0.786. The SMILES string of the molecule is C=C(Cl)CN1CCCCC1CNC(=O)OC(C)(C)C. The average Bonchev–Trinajstić information content (AvgIpc) is 2.24. The highest BCUT2D eigenvalue weighted by Crippen LogP contribution is 2.18. The van der Waals surface area contributed by atoms with E-state index in [4.69, 9.17) is 16.3 Å². The smallest absolute Gasteiger partial charge is 0.407 e. The predicted octanol–water partition coefficient (Wildman–Crippen LogP) is 3.12. The number of halogens is 1. The Bertz CT molecular complexity index is 326. The Hall–Kier alpha value is -0.740. The zero-order valence-corrected chi connectivity index (χ0v) is 12.9. The number of ether oxygens (including phenoxy) is 1. The van der Waals surface area contributed by atoms with Crippen molar-refractivity contribution in [3.8, 4) is 0 Å². The molecule has 19 heavy (non-hydrogen) atoms. The number of nitrogens with one attached hydrogen (secondary N) is 1. The molecule has 4 nitrogen and oxygen atoms in total. The van der Waals surface area contributed by atoms with Gasteiger partial charge >= 0.3 is 6.09 Å². The molecule has 1 aliphatic heterocycles. The van der Waals surface area contributed by atoms with Gasteiger partial charge in [0.2, 0.25) is 0 Å². The second kappa shape index (κ2) is 7.15. The summed E-state index contributed by atoms with van der Waals surface area (Å²) in [7, 11) is 0. The quantitative estimate of drug-likeness (QED) is 0.864. The summed E-state index contributed by atoms with van der Waals surface area (Å²) in [6.07, 6.45) is 3.07. The topological polar surface area (TPSA) is 41.6 Å². The summed E-state index contributed by atoms with van der Waals surface area (Å²) in [5, 5.41) is 3.48. The molecule has 1 fully saturated rings. The van der Waals surface area contributed by atoms with E-state index in [9.17, 15) is 4.79 Å². The zero-order chi connectivity index (χ0) is 14.5. The Morgan fingerprint density at radius 1 is 1.47 bits per heavy atom. The minimum absolute atomic E-state index is 0.316. The van der Waals surface area contributed by atoms with Crippen LogP contribution < -0.4 is 5.32 Å². The molecule has 1 heterocycles. The Balaban J connectivity index is 2.40. The summed E-state index contributed by atoms with van der Waals surface area (Å²) in [4.78, 5) is 13.9. The van der Waals surface area contributed by atoms with E-state index in [1.165, 1.54) is 12.8 Å². The van der Waals surface area contributed by atoms with Crippen LogP contribution in [0.25, 0.3) is 0 Å². The first kappa shape index (κ1) is 16.3. The van der Waals surface area contributed by atoms with E-state index in [1.54, 1.807) is 0 Å². The van der Waals surface area contributed by atoms with Gasteiger partial charge in [-0.05, 0) is 40.2 Å². The molecule has 1 atom stereocenters. The van der Waals surface area contributed by atoms with Crippen molar-refractivity contribution in [3.63, 3.8) is 0 Å². The Morgan fingerprint density at radius 3 is 2.74 bits per heavy atom. The van der Waals surface area contributed by atoms with Crippen LogP contribution in [0.4, 0.5) is 4.79 Å². The van der Waals surface area contributed by atoms with Crippen LogP contribution in [0, 0.1) is 0 Å². The van der Waals surface area contributed by atoms with Crippen molar-refractivity contribution in [1.82, 2.24) is 10.2 Å². The first-order chi connectivity index (χ1) is 8.78. The average molecular weight is 289 g/mol. The molecule has 0 radical (unpaired) electrons. The van der Waals surface area contributed by atoms with Gasteiger partial charge in [0.25, 0.3) is 0 Å². The van der Waals surface area contributed by atoms with Gasteiger partial charge in [0, 0.05) is 24.2 Å². The second-order valence-electron chi connectivity index (χ2n) is 6.02. The molecule has 0 aromatic rings. The second-order valence-corrected chi connectivity index (χ2v) is 6.55. The zero-order valence-electron chi connectivity index (χ0n) is 12.2. The van der Waals surface area contributed by atoms with Crippen LogP contribution in [0.1, 0.15) is 40.0 Å². The van der Waals surface area contributed by atoms with Crippen LogP contribution in [-0.4, -0.2) is 42.3 Å². The highest BCUT2D eigenvalue weighted by molar-refractivity contribution is 6.29. The summed E-state index contributed by atoms with van der Waals surface area (Å²) < 4.78 is 5.23. The number of hydrogen-bond acceptors (Lipinski definition) is 3. The summed E-state index contributed by atoms with van der Waals surface area (Å²) in [6, 6.07) is 0.316. The van der Waals surface area contributed by atoms with Crippen molar-refractivity contribution in [2.24, 2.45) is 0 Å². The number of carbonyl (C=O) groups excluding carboxylic acids is 1. The lowest BCUT2D eigenvalue weighted by molar-refractivity contribution is 0.0499. The minimum atomic E-state index is -0.458. The molecule has 110 valence electrons. The van der Waals surface area contributed by atoms with Crippen LogP contribution in [0.5, 0.6) is 0 Å². The van der Waals surface area contributed by atoms with Crippen LogP contribution in [0.15, 0.2) is 11.6 Å². The van der Waals surface area contributed by atoms with Gasteiger partial charge in [-0.2, -0.15) is 0 Å². The monoisotopic (exact) mass is 288 g/mol. The van der Waals surface area contributed by atoms with Crippen molar-refractivity contribution >= 4 is 17.7 Å². The van der Waals surface area contributed by atoms with Crippen molar-refractivity contribution in [2.75, 3.05) is 19.6 Å². The van der Waals surface area contributed by atoms with E-state index >= 15 is 0 Å². The fourth-order valence-electron chi connectivity index (χ4n) is 2.24. The first-order valence-corrected chi connectivity index (χ1v) is 7.20. The molecular weight excluding hydrogens is 264 g/mol. The predicted molar refractivity (Wildman–Crippen MR) is 78.4 cm³/mol. The number of nitrogens with zero attached hydrogens (tertiary/aromatic N) is 1. The lowest BCUT2D eigenvalue weighted by atomic mass is 10.0. The molecule has 0 spiro atoms. The molecule has 1 aliphatic rings. The van der Waals surface area contributed by atoms with Crippen LogP contribution >= 0.6 is 11.6 Å². The normalized spacial score (nSPS) is 20.9. The first-order valence-electron chi connectivity index (χ1n) is 6.82. The van der Waals surface area contributed by atoms with Gasteiger partial charge in [0.15, 0.2) is 0 Å².